The number of benzene rings is 1. The molecule has 0 fully saturated rings. The van der Waals surface area contributed by atoms with Crippen molar-refractivity contribution in [3.8, 4) is 0 Å². The molecule has 0 aliphatic heterocycles. The van der Waals surface area contributed by atoms with Gasteiger partial charge in [0.25, 0.3) is 5.91 Å². The smallest absolute Gasteiger partial charge is 0.264 e. The third kappa shape index (κ3) is 4.37. The maximum absolute atomic E-state index is 13.0. The molecule has 2 aromatic rings. The van der Waals surface area contributed by atoms with E-state index in [1.807, 2.05) is 0 Å². The Hall–Kier alpha value is -1.73. The van der Waals surface area contributed by atoms with E-state index >= 15 is 0 Å². The molecule has 21 heavy (non-hydrogen) atoms. The molecule has 2 amide bonds. The lowest BCUT2D eigenvalue weighted by molar-refractivity contribution is -0.116. The molecular weight excluding hydrogens is 359 g/mol. The second-order valence-electron chi connectivity index (χ2n) is 4.32. The Labute approximate surface area is 133 Å². The minimum atomic E-state index is -0.430. The number of rotatable bonds is 4. The number of hydrogen-bond donors (Lipinski definition) is 1. The van der Waals surface area contributed by atoms with Gasteiger partial charge in [-0.2, -0.15) is 0 Å². The second-order valence-corrected chi connectivity index (χ2v) is 6.79. The van der Waals surface area contributed by atoms with Gasteiger partial charge in [0.2, 0.25) is 5.91 Å². The lowest BCUT2D eigenvalue weighted by Crippen LogP contribution is -2.34. The molecule has 0 radical (unpaired) electrons. The summed E-state index contributed by atoms with van der Waals surface area (Å²) in [5.74, 6) is -1.05. The zero-order valence-corrected chi connectivity index (χ0v) is 13.5. The Morgan fingerprint density at radius 1 is 1.33 bits per heavy atom. The van der Waals surface area contributed by atoms with Gasteiger partial charge < -0.3 is 10.2 Å². The predicted molar refractivity (Wildman–Crippen MR) is 84.0 cm³/mol. The predicted octanol–water partition coefficient (Wildman–Crippen LogP) is 3.36. The van der Waals surface area contributed by atoms with Crippen LogP contribution in [-0.4, -0.2) is 30.3 Å². The minimum absolute atomic E-state index is 0.106. The van der Waals surface area contributed by atoms with Gasteiger partial charge in [-0.25, -0.2) is 4.39 Å². The van der Waals surface area contributed by atoms with Crippen molar-refractivity contribution in [3.05, 3.63) is 50.9 Å². The number of carbonyl (C=O) groups is 2. The molecule has 1 N–H and O–H groups in total. The highest BCUT2D eigenvalue weighted by atomic mass is 79.9. The Bertz CT molecular complexity index is 674. The standard InChI is InChI=1S/C14H12BrFN2O2S/c1-18(14(20)11-5-6-12(15)21-11)8-13(19)17-10-4-2-3-9(16)7-10/h2-7H,8H2,1H3,(H,17,19). The highest BCUT2D eigenvalue weighted by molar-refractivity contribution is 9.11. The lowest BCUT2D eigenvalue weighted by Gasteiger charge is -2.15. The summed E-state index contributed by atoms with van der Waals surface area (Å²) >= 11 is 4.59. The van der Waals surface area contributed by atoms with Crippen LogP contribution in [0, 0.1) is 5.82 Å². The van der Waals surface area contributed by atoms with Gasteiger partial charge >= 0.3 is 0 Å². The van der Waals surface area contributed by atoms with E-state index in [-0.39, 0.29) is 18.4 Å². The van der Waals surface area contributed by atoms with Crippen LogP contribution in [0.15, 0.2) is 40.2 Å². The Morgan fingerprint density at radius 2 is 2.10 bits per heavy atom. The fourth-order valence-corrected chi connectivity index (χ4v) is 3.05. The number of likely N-dealkylation sites (N-methyl/N-ethyl adjacent to an activating group) is 1. The van der Waals surface area contributed by atoms with Gasteiger partial charge in [-0.15, -0.1) is 11.3 Å². The van der Waals surface area contributed by atoms with Crippen molar-refractivity contribution in [2.45, 2.75) is 0 Å². The monoisotopic (exact) mass is 370 g/mol. The zero-order valence-electron chi connectivity index (χ0n) is 11.1. The Morgan fingerprint density at radius 3 is 2.71 bits per heavy atom. The average molecular weight is 371 g/mol. The van der Waals surface area contributed by atoms with Crippen LogP contribution in [-0.2, 0) is 4.79 Å². The van der Waals surface area contributed by atoms with E-state index in [0.29, 0.717) is 10.6 Å². The molecule has 1 heterocycles. The van der Waals surface area contributed by atoms with E-state index in [2.05, 4.69) is 21.2 Å². The topological polar surface area (TPSA) is 49.4 Å². The van der Waals surface area contributed by atoms with Crippen LogP contribution in [0.4, 0.5) is 10.1 Å². The molecule has 7 heteroatoms. The van der Waals surface area contributed by atoms with Crippen LogP contribution in [0.25, 0.3) is 0 Å². The van der Waals surface area contributed by atoms with Gasteiger partial charge in [0.1, 0.15) is 5.82 Å². The number of halogens is 2. The largest absolute Gasteiger partial charge is 0.332 e. The fraction of sp³-hybridized carbons (Fsp3) is 0.143. The van der Waals surface area contributed by atoms with Crippen LogP contribution in [0.1, 0.15) is 9.67 Å². The number of nitrogens with one attached hydrogen (secondary N) is 1. The molecule has 1 aromatic heterocycles. The van der Waals surface area contributed by atoms with Crippen molar-refractivity contribution in [1.29, 1.82) is 0 Å². The van der Waals surface area contributed by atoms with Gasteiger partial charge in [0, 0.05) is 12.7 Å². The summed E-state index contributed by atoms with van der Waals surface area (Å²) in [7, 11) is 1.54. The molecule has 0 saturated heterocycles. The Balaban J connectivity index is 1.94. The highest BCUT2D eigenvalue weighted by Crippen LogP contribution is 2.23. The van der Waals surface area contributed by atoms with Crippen LogP contribution in [0.3, 0.4) is 0 Å². The van der Waals surface area contributed by atoms with E-state index in [1.54, 1.807) is 25.2 Å². The summed E-state index contributed by atoms with van der Waals surface area (Å²) < 4.78 is 13.9. The molecule has 2 rings (SSSR count). The first-order valence-electron chi connectivity index (χ1n) is 6.02. The van der Waals surface area contributed by atoms with Crippen LogP contribution in [0.5, 0.6) is 0 Å². The zero-order chi connectivity index (χ0) is 15.4. The maximum Gasteiger partial charge on any atom is 0.264 e. The molecule has 0 aliphatic carbocycles. The molecule has 4 nitrogen and oxygen atoms in total. The summed E-state index contributed by atoms with van der Waals surface area (Å²) in [6.45, 7) is -0.106. The fourth-order valence-electron chi connectivity index (χ4n) is 1.67. The average Bonchev–Trinajstić information content (AvgIpc) is 2.84. The second kappa shape index (κ2) is 6.82. The molecule has 110 valence electrons. The number of thiophene rings is 1. The molecule has 0 saturated carbocycles. The number of anilines is 1. The van der Waals surface area contributed by atoms with Gasteiger partial charge in [0.05, 0.1) is 15.2 Å². The van der Waals surface area contributed by atoms with Gasteiger partial charge in [-0.05, 0) is 46.3 Å². The summed E-state index contributed by atoms with van der Waals surface area (Å²) in [6, 6.07) is 9.06. The highest BCUT2D eigenvalue weighted by Gasteiger charge is 2.16. The van der Waals surface area contributed by atoms with Gasteiger partial charge in [-0.3, -0.25) is 9.59 Å². The molecular formula is C14H12BrFN2O2S. The van der Waals surface area contributed by atoms with Gasteiger partial charge in [0.15, 0.2) is 0 Å². The van der Waals surface area contributed by atoms with Crippen molar-refractivity contribution in [3.63, 3.8) is 0 Å². The first-order valence-corrected chi connectivity index (χ1v) is 7.63. The lowest BCUT2D eigenvalue weighted by atomic mass is 10.3. The SMILES string of the molecule is CN(CC(=O)Nc1cccc(F)c1)C(=O)c1ccc(Br)s1. The van der Waals surface area contributed by atoms with Gasteiger partial charge in [-0.1, -0.05) is 6.07 Å². The number of nitrogens with zero attached hydrogens (tertiary/aromatic N) is 1. The van der Waals surface area contributed by atoms with E-state index in [0.717, 1.165) is 3.79 Å². The number of carbonyl (C=O) groups excluding carboxylic acids is 2. The van der Waals surface area contributed by atoms with E-state index < -0.39 is 5.82 Å². The summed E-state index contributed by atoms with van der Waals surface area (Å²) in [4.78, 5) is 25.8. The maximum atomic E-state index is 13.0. The van der Waals surface area contributed by atoms with Crippen molar-refractivity contribution in [1.82, 2.24) is 4.90 Å². The normalized spacial score (nSPS) is 10.2. The molecule has 0 spiro atoms. The van der Waals surface area contributed by atoms with E-state index in [4.69, 9.17) is 0 Å². The van der Waals surface area contributed by atoms with Crippen LogP contribution >= 0.6 is 27.3 Å². The molecule has 0 unspecified atom stereocenters. The third-order valence-electron chi connectivity index (χ3n) is 2.62. The third-order valence-corrected chi connectivity index (χ3v) is 4.23. The van der Waals surface area contributed by atoms with E-state index in [9.17, 15) is 14.0 Å². The molecule has 0 bridgehead atoms. The Kier molecular flexibility index (Phi) is 5.08. The van der Waals surface area contributed by atoms with Crippen molar-refractivity contribution < 1.29 is 14.0 Å². The van der Waals surface area contributed by atoms with Crippen molar-refractivity contribution in [2.24, 2.45) is 0 Å². The van der Waals surface area contributed by atoms with Crippen molar-refractivity contribution in [2.75, 3.05) is 18.9 Å². The van der Waals surface area contributed by atoms with Crippen molar-refractivity contribution >= 4 is 44.8 Å². The minimum Gasteiger partial charge on any atom is -0.332 e. The quantitative estimate of drug-likeness (QED) is 0.896. The first kappa shape index (κ1) is 15.7. The van der Waals surface area contributed by atoms with E-state index in [1.165, 1.54) is 34.4 Å². The summed E-state index contributed by atoms with van der Waals surface area (Å²) in [6.07, 6.45) is 0. The summed E-state index contributed by atoms with van der Waals surface area (Å²) in [5, 5.41) is 2.55. The number of amides is 2. The molecule has 1 aromatic carbocycles. The molecule has 0 atom stereocenters. The van der Waals surface area contributed by atoms with Crippen LogP contribution < -0.4 is 5.32 Å². The summed E-state index contributed by atoms with van der Waals surface area (Å²) in [5.41, 5.74) is 0.361. The first-order chi connectivity index (χ1) is 9.95. The van der Waals surface area contributed by atoms with Crippen LogP contribution in [0.2, 0.25) is 0 Å². The number of hydrogen-bond acceptors (Lipinski definition) is 3. The molecule has 0 aliphatic rings.